The number of nitrogens with two attached hydrogens (primary N) is 1. The average molecular weight is 288 g/mol. The molecule has 0 amide bonds. The highest BCUT2D eigenvalue weighted by Gasteiger charge is 2.14. The van der Waals surface area contributed by atoms with Gasteiger partial charge in [0.25, 0.3) is 0 Å². The second kappa shape index (κ2) is 6.45. The first kappa shape index (κ1) is 15.3. The Labute approximate surface area is 113 Å². The Bertz CT molecular complexity index is 501. The summed E-state index contributed by atoms with van der Waals surface area (Å²) in [5.41, 5.74) is 7.05. The van der Waals surface area contributed by atoms with Gasteiger partial charge in [0.05, 0.1) is 4.90 Å². The van der Waals surface area contributed by atoms with Crippen LogP contribution in [0.1, 0.15) is 18.9 Å². The zero-order valence-electron chi connectivity index (χ0n) is 10.9. The van der Waals surface area contributed by atoms with Crippen LogP contribution in [-0.2, 0) is 10.0 Å². The number of hydrogen-bond donors (Lipinski definition) is 2. The SMILES string of the molecule is CSC(C)CCNS(=O)(=O)c1ccc(N)c(C)c1. The predicted molar refractivity (Wildman–Crippen MR) is 78.4 cm³/mol. The number of sulfonamides is 1. The Morgan fingerprint density at radius 1 is 1.44 bits per heavy atom. The van der Waals surface area contributed by atoms with Gasteiger partial charge < -0.3 is 5.73 Å². The molecule has 4 nitrogen and oxygen atoms in total. The van der Waals surface area contributed by atoms with Crippen LogP contribution >= 0.6 is 11.8 Å². The molecule has 1 unspecified atom stereocenters. The predicted octanol–water partition coefficient (Wildman–Crippen LogP) is 2.00. The molecule has 1 aromatic carbocycles. The summed E-state index contributed by atoms with van der Waals surface area (Å²) in [6.45, 7) is 4.32. The Balaban J connectivity index is 2.71. The smallest absolute Gasteiger partial charge is 0.240 e. The minimum absolute atomic E-state index is 0.269. The molecule has 0 aliphatic rings. The van der Waals surface area contributed by atoms with Crippen LogP contribution in [0, 0.1) is 6.92 Å². The van der Waals surface area contributed by atoms with Crippen LogP contribution in [0.4, 0.5) is 5.69 Å². The number of nitrogens with one attached hydrogen (secondary N) is 1. The largest absolute Gasteiger partial charge is 0.399 e. The van der Waals surface area contributed by atoms with E-state index in [4.69, 9.17) is 5.73 Å². The van der Waals surface area contributed by atoms with Gasteiger partial charge in [0, 0.05) is 17.5 Å². The van der Waals surface area contributed by atoms with Crippen molar-refractivity contribution in [3.05, 3.63) is 23.8 Å². The lowest BCUT2D eigenvalue weighted by Crippen LogP contribution is -2.26. The van der Waals surface area contributed by atoms with Gasteiger partial charge in [-0.2, -0.15) is 11.8 Å². The average Bonchev–Trinajstić information content (AvgIpc) is 2.32. The number of nitrogen functional groups attached to an aromatic ring is 1. The van der Waals surface area contributed by atoms with Crippen LogP contribution in [0.15, 0.2) is 23.1 Å². The summed E-state index contributed by atoms with van der Waals surface area (Å²) in [4.78, 5) is 0.269. The summed E-state index contributed by atoms with van der Waals surface area (Å²) in [6, 6.07) is 4.74. The lowest BCUT2D eigenvalue weighted by molar-refractivity contribution is 0.579. The molecule has 0 bridgehead atoms. The monoisotopic (exact) mass is 288 g/mol. The highest BCUT2D eigenvalue weighted by molar-refractivity contribution is 7.99. The number of anilines is 1. The third-order valence-electron chi connectivity index (χ3n) is 2.80. The van der Waals surface area contributed by atoms with Gasteiger partial charge in [0.1, 0.15) is 0 Å². The normalized spacial score (nSPS) is 13.5. The van der Waals surface area contributed by atoms with E-state index in [1.807, 2.05) is 6.26 Å². The van der Waals surface area contributed by atoms with Crippen LogP contribution < -0.4 is 10.5 Å². The Morgan fingerprint density at radius 2 is 2.11 bits per heavy atom. The molecule has 102 valence electrons. The van der Waals surface area contributed by atoms with E-state index in [1.54, 1.807) is 30.8 Å². The molecule has 3 N–H and O–H groups in total. The molecule has 0 heterocycles. The van der Waals surface area contributed by atoms with Crippen molar-refractivity contribution in [1.82, 2.24) is 4.72 Å². The fraction of sp³-hybridized carbons (Fsp3) is 0.500. The minimum atomic E-state index is -3.42. The van der Waals surface area contributed by atoms with Crippen molar-refractivity contribution in [2.45, 2.75) is 30.4 Å². The summed E-state index contributed by atoms with van der Waals surface area (Å²) in [6.07, 6.45) is 2.83. The number of hydrogen-bond acceptors (Lipinski definition) is 4. The zero-order valence-corrected chi connectivity index (χ0v) is 12.6. The van der Waals surface area contributed by atoms with Crippen molar-refractivity contribution in [3.63, 3.8) is 0 Å². The first-order chi connectivity index (χ1) is 8.36. The van der Waals surface area contributed by atoms with E-state index in [0.717, 1.165) is 12.0 Å². The molecule has 0 saturated carbocycles. The van der Waals surface area contributed by atoms with Gasteiger partial charge in [-0.3, -0.25) is 0 Å². The van der Waals surface area contributed by atoms with Crippen LogP contribution in [0.25, 0.3) is 0 Å². The topological polar surface area (TPSA) is 72.2 Å². The standard InChI is InChI=1S/C12H20N2O2S2/c1-9-8-11(4-5-12(9)13)18(15,16)14-7-6-10(2)17-3/h4-5,8,10,14H,6-7,13H2,1-3H3. The summed E-state index contributed by atoms with van der Waals surface area (Å²) in [7, 11) is -3.42. The van der Waals surface area contributed by atoms with E-state index in [0.29, 0.717) is 17.5 Å². The van der Waals surface area contributed by atoms with Crippen molar-refractivity contribution < 1.29 is 8.42 Å². The van der Waals surface area contributed by atoms with Gasteiger partial charge in [-0.1, -0.05) is 6.92 Å². The Morgan fingerprint density at radius 3 is 2.67 bits per heavy atom. The molecule has 1 atom stereocenters. The van der Waals surface area contributed by atoms with E-state index >= 15 is 0 Å². The Hall–Kier alpha value is -0.720. The number of thioether (sulfide) groups is 1. The second-order valence-corrected chi connectivity index (χ2v) is 7.29. The molecule has 18 heavy (non-hydrogen) atoms. The van der Waals surface area contributed by atoms with Crippen molar-refractivity contribution in [2.24, 2.45) is 0 Å². The fourth-order valence-corrected chi connectivity index (χ4v) is 2.90. The third kappa shape index (κ3) is 4.19. The zero-order chi connectivity index (χ0) is 13.8. The van der Waals surface area contributed by atoms with Crippen LogP contribution in [0.3, 0.4) is 0 Å². The molecule has 0 aliphatic carbocycles. The molecule has 0 spiro atoms. The molecular weight excluding hydrogens is 268 g/mol. The summed E-state index contributed by atoms with van der Waals surface area (Å²) >= 11 is 1.72. The summed E-state index contributed by atoms with van der Waals surface area (Å²) in [5.74, 6) is 0. The third-order valence-corrected chi connectivity index (χ3v) is 5.30. The van der Waals surface area contributed by atoms with Crippen molar-refractivity contribution in [3.8, 4) is 0 Å². The van der Waals surface area contributed by atoms with Crippen molar-refractivity contribution in [2.75, 3.05) is 18.5 Å². The number of benzene rings is 1. The number of rotatable bonds is 6. The first-order valence-electron chi connectivity index (χ1n) is 5.75. The lowest BCUT2D eigenvalue weighted by atomic mass is 10.2. The second-order valence-electron chi connectivity index (χ2n) is 4.25. The van der Waals surface area contributed by atoms with Gasteiger partial charge in [0.2, 0.25) is 10.0 Å². The lowest BCUT2D eigenvalue weighted by Gasteiger charge is -2.10. The maximum Gasteiger partial charge on any atom is 0.240 e. The molecule has 0 fully saturated rings. The fourth-order valence-electron chi connectivity index (χ4n) is 1.41. The Kier molecular flexibility index (Phi) is 5.49. The molecule has 0 saturated heterocycles. The van der Waals surface area contributed by atoms with Crippen LogP contribution in [-0.4, -0.2) is 26.5 Å². The van der Waals surface area contributed by atoms with Crippen molar-refractivity contribution in [1.29, 1.82) is 0 Å². The number of aryl methyl sites for hydroxylation is 1. The first-order valence-corrected chi connectivity index (χ1v) is 8.52. The summed E-state index contributed by atoms with van der Waals surface area (Å²) < 4.78 is 26.6. The van der Waals surface area contributed by atoms with E-state index < -0.39 is 10.0 Å². The molecule has 1 aromatic rings. The molecule has 1 rings (SSSR count). The van der Waals surface area contributed by atoms with Gasteiger partial charge in [-0.05, 0) is 43.4 Å². The minimum Gasteiger partial charge on any atom is -0.399 e. The molecule has 0 aliphatic heterocycles. The highest BCUT2D eigenvalue weighted by atomic mass is 32.2. The summed E-state index contributed by atoms with van der Waals surface area (Å²) in [5, 5.41) is 0.445. The van der Waals surface area contributed by atoms with E-state index in [-0.39, 0.29) is 4.90 Å². The van der Waals surface area contributed by atoms with Crippen LogP contribution in [0.2, 0.25) is 0 Å². The van der Waals surface area contributed by atoms with Gasteiger partial charge >= 0.3 is 0 Å². The quantitative estimate of drug-likeness (QED) is 0.785. The maximum absolute atomic E-state index is 12.0. The molecule has 6 heteroatoms. The van der Waals surface area contributed by atoms with E-state index in [2.05, 4.69) is 11.6 Å². The molecule has 0 aromatic heterocycles. The van der Waals surface area contributed by atoms with Gasteiger partial charge in [0.15, 0.2) is 0 Å². The van der Waals surface area contributed by atoms with Gasteiger partial charge in [-0.15, -0.1) is 0 Å². The van der Waals surface area contributed by atoms with Crippen LogP contribution in [0.5, 0.6) is 0 Å². The van der Waals surface area contributed by atoms with E-state index in [1.165, 1.54) is 6.07 Å². The molecule has 0 radical (unpaired) electrons. The van der Waals surface area contributed by atoms with Crippen molar-refractivity contribution >= 4 is 27.5 Å². The maximum atomic E-state index is 12.0. The van der Waals surface area contributed by atoms with Gasteiger partial charge in [-0.25, -0.2) is 13.1 Å². The highest BCUT2D eigenvalue weighted by Crippen LogP contribution is 2.17. The molecular formula is C12H20N2O2S2. The van der Waals surface area contributed by atoms with E-state index in [9.17, 15) is 8.42 Å².